The third kappa shape index (κ3) is 7.79. The minimum absolute atomic E-state index is 0.0963. The standard InChI is InChI=1S/C34H43N3O4S/c1-25(2)29-18-20-31(21-19-29)37(42(40,41)32-16-9-6-10-17-32)24-33(38)36(23-28-13-11-12-26(3)22-28)27(4)34(39)35-30-14-7-5-8-15-30/h6,9-13,16-22,25,27,30H,5,7-8,14-15,23-24H2,1-4H3,(H,35,39). The summed E-state index contributed by atoms with van der Waals surface area (Å²) >= 11 is 0. The second-order valence-electron chi connectivity index (χ2n) is 11.6. The summed E-state index contributed by atoms with van der Waals surface area (Å²) in [5, 5.41) is 3.14. The molecule has 1 unspecified atom stereocenters. The lowest BCUT2D eigenvalue weighted by molar-refractivity contribution is -0.139. The van der Waals surface area contributed by atoms with E-state index in [0.717, 1.165) is 46.7 Å². The zero-order valence-corrected chi connectivity index (χ0v) is 25.9. The van der Waals surface area contributed by atoms with Crippen LogP contribution < -0.4 is 9.62 Å². The molecule has 4 rings (SSSR count). The molecule has 1 aliphatic rings. The van der Waals surface area contributed by atoms with E-state index in [1.165, 1.54) is 23.5 Å². The molecule has 0 bridgehead atoms. The first-order chi connectivity index (χ1) is 20.1. The first-order valence-corrected chi connectivity index (χ1v) is 16.3. The molecule has 0 spiro atoms. The van der Waals surface area contributed by atoms with Crippen LogP contribution >= 0.6 is 0 Å². The second kappa shape index (κ2) is 14.0. The zero-order valence-electron chi connectivity index (χ0n) is 25.1. The van der Waals surface area contributed by atoms with Crippen molar-refractivity contribution in [1.82, 2.24) is 10.2 Å². The number of nitrogens with zero attached hydrogens (tertiary/aromatic N) is 2. The first-order valence-electron chi connectivity index (χ1n) is 14.9. The van der Waals surface area contributed by atoms with Gasteiger partial charge in [-0.05, 0) is 68.0 Å². The Hall–Kier alpha value is -3.65. The smallest absolute Gasteiger partial charge is 0.264 e. The third-order valence-corrected chi connectivity index (χ3v) is 9.80. The van der Waals surface area contributed by atoms with Crippen molar-refractivity contribution in [2.75, 3.05) is 10.8 Å². The van der Waals surface area contributed by atoms with Gasteiger partial charge in [0, 0.05) is 12.6 Å². The molecular formula is C34H43N3O4S. The van der Waals surface area contributed by atoms with Crippen LogP contribution in [-0.4, -0.2) is 43.8 Å². The quantitative estimate of drug-likeness (QED) is 0.289. The van der Waals surface area contributed by atoms with E-state index in [0.29, 0.717) is 5.69 Å². The first kappa shape index (κ1) is 31.3. The van der Waals surface area contributed by atoms with Gasteiger partial charge in [-0.2, -0.15) is 0 Å². The highest BCUT2D eigenvalue weighted by molar-refractivity contribution is 7.92. The summed E-state index contributed by atoms with van der Waals surface area (Å²) < 4.78 is 29.1. The average Bonchev–Trinajstić information content (AvgIpc) is 2.99. The van der Waals surface area contributed by atoms with Gasteiger partial charge in [-0.15, -0.1) is 0 Å². The largest absolute Gasteiger partial charge is 0.352 e. The Bertz CT molecular complexity index is 1450. The summed E-state index contributed by atoms with van der Waals surface area (Å²) in [4.78, 5) is 29.2. The van der Waals surface area contributed by atoms with E-state index in [9.17, 15) is 18.0 Å². The van der Waals surface area contributed by atoms with Crippen molar-refractivity contribution >= 4 is 27.5 Å². The summed E-state index contributed by atoms with van der Waals surface area (Å²) in [5.74, 6) is -0.398. The molecule has 8 heteroatoms. The second-order valence-corrected chi connectivity index (χ2v) is 13.5. The molecular weight excluding hydrogens is 546 g/mol. The van der Waals surface area contributed by atoms with Crippen LogP contribution in [0.15, 0.2) is 83.8 Å². The van der Waals surface area contributed by atoms with Crippen LogP contribution in [0.25, 0.3) is 0 Å². The molecule has 1 N–H and O–H groups in total. The van der Waals surface area contributed by atoms with E-state index in [2.05, 4.69) is 19.2 Å². The lowest BCUT2D eigenvalue weighted by Gasteiger charge is -2.33. The van der Waals surface area contributed by atoms with Crippen molar-refractivity contribution in [3.05, 3.63) is 95.6 Å². The van der Waals surface area contributed by atoms with Gasteiger partial charge in [-0.3, -0.25) is 13.9 Å². The molecule has 0 aliphatic heterocycles. The van der Waals surface area contributed by atoms with Crippen LogP contribution in [0.2, 0.25) is 0 Å². The molecule has 1 aliphatic carbocycles. The van der Waals surface area contributed by atoms with Gasteiger partial charge < -0.3 is 10.2 Å². The van der Waals surface area contributed by atoms with Gasteiger partial charge in [0.1, 0.15) is 12.6 Å². The van der Waals surface area contributed by atoms with Crippen LogP contribution in [0.5, 0.6) is 0 Å². The molecule has 1 saturated carbocycles. The number of carbonyl (C=O) groups is 2. The van der Waals surface area contributed by atoms with Gasteiger partial charge in [0.05, 0.1) is 10.6 Å². The number of benzene rings is 3. The minimum Gasteiger partial charge on any atom is -0.352 e. The summed E-state index contributed by atoms with van der Waals surface area (Å²) in [6.45, 7) is 7.58. The van der Waals surface area contributed by atoms with Crippen molar-refractivity contribution in [3.8, 4) is 0 Å². The number of hydrogen-bond acceptors (Lipinski definition) is 4. The van der Waals surface area contributed by atoms with E-state index in [1.54, 1.807) is 37.3 Å². The SMILES string of the molecule is Cc1cccc(CN(C(=O)CN(c2ccc(C(C)C)cc2)S(=O)(=O)c2ccccc2)C(C)C(=O)NC2CCCCC2)c1. The van der Waals surface area contributed by atoms with Crippen LogP contribution in [0.3, 0.4) is 0 Å². The van der Waals surface area contributed by atoms with Crippen molar-refractivity contribution in [3.63, 3.8) is 0 Å². The van der Waals surface area contributed by atoms with E-state index >= 15 is 0 Å². The van der Waals surface area contributed by atoms with E-state index in [-0.39, 0.29) is 29.3 Å². The Labute approximate surface area is 251 Å². The minimum atomic E-state index is -4.08. The third-order valence-electron chi connectivity index (χ3n) is 8.01. The highest BCUT2D eigenvalue weighted by Gasteiger charge is 2.33. The van der Waals surface area contributed by atoms with Gasteiger partial charge in [-0.25, -0.2) is 8.42 Å². The molecule has 1 fully saturated rings. The van der Waals surface area contributed by atoms with Gasteiger partial charge in [0.15, 0.2) is 0 Å². The molecule has 3 aromatic carbocycles. The molecule has 0 aromatic heterocycles. The van der Waals surface area contributed by atoms with Crippen LogP contribution in [0.1, 0.15) is 75.5 Å². The number of rotatable bonds is 11. The molecule has 0 heterocycles. The maximum atomic E-state index is 14.1. The Balaban J connectivity index is 1.68. The normalized spacial score (nSPS) is 14.8. The zero-order chi connectivity index (χ0) is 30.3. The molecule has 0 radical (unpaired) electrons. The maximum Gasteiger partial charge on any atom is 0.264 e. The molecule has 3 aromatic rings. The predicted molar refractivity (Wildman–Crippen MR) is 168 cm³/mol. The fourth-order valence-corrected chi connectivity index (χ4v) is 6.87. The summed E-state index contributed by atoms with van der Waals surface area (Å²) in [6, 6.07) is 22.5. The summed E-state index contributed by atoms with van der Waals surface area (Å²) in [5.41, 5.74) is 3.37. The number of amides is 2. The topological polar surface area (TPSA) is 86.8 Å². The fourth-order valence-electron chi connectivity index (χ4n) is 5.43. The fraction of sp³-hybridized carbons (Fsp3) is 0.412. The van der Waals surface area contributed by atoms with E-state index in [1.807, 2.05) is 43.3 Å². The number of nitrogens with one attached hydrogen (secondary N) is 1. The average molecular weight is 590 g/mol. The highest BCUT2D eigenvalue weighted by atomic mass is 32.2. The number of carbonyl (C=O) groups excluding carboxylic acids is 2. The number of hydrogen-bond donors (Lipinski definition) is 1. The predicted octanol–water partition coefficient (Wildman–Crippen LogP) is 6.18. The Morgan fingerprint density at radius 3 is 2.17 bits per heavy atom. The molecule has 42 heavy (non-hydrogen) atoms. The van der Waals surface area contributed by atoms with Gasteiger partial charge >= 0.3 is 0 Å². The maximum absolute atomic E-state index is 14.1. The van der Waals surface area contributed by atoms with Gasteiger partial charge in [0.25, 0.3) is 10.0 Å². The van der Waals surface area contributed by atoms with Crippen LogP contribution in [-0.2, 0) is 26.2 Å². The van der Waals surface area contributed by atoms with Crippen molar-refractivity contribution in [1.29, 1.82) is 0 Å². The molecule has 0 saturated heterocycles. The molecule has 224 valence electrons. The number of aryl methyl sites for hydroxylation is 1. The van der Waals surface area contributed by atoms with Crippen molar-refractivity contribution in [2.45, 2.75) is 89.2 Å². The lowest BCUT2D eigenvalue weighted by atomic mass is 9.95. The van der Waals surface area contributed by atoms with Gasteiger partial charge in [0.2, 0.25) is 11.8 Å². The van der Waals surface area contributed by atoms with Crippen LogP contribution in [0.4, 0.5) is 5.69 Å². The molecule has 7 nitrogen and oxygen atoms in total. The molecule has 2 amide bonds. The lowest BCUT2D eigenvalue weighted by Crippen LogP contribution is -2.53. The van der Waals surface area contributed by atoms with Gasteiger partial charge in [-0.1, -0.05) is 93.3 Å². The van der Waals surface area contributed by atoms with E-state index < -0.39 is 28.5 Å². The number of sulfonamides is 1. The van der Waals surface area contributed by atoms with Crippen LogP contribution in [0, 0.1) is 6.92 Å². The molecule has 1 atom stereocenters. The van der Waals surface area contributed by atoms with E-state index in [4.69, 9.17) is 0 Å². The highest BCUT2D eigenvalue weighted by Crippen LogP contribution is 2.27. The van der Waals surface area contributed by atoms with Crippen molar-refractivity contribution < 1.29 is 18.0 Å². The Morgan fingerprint density at radius 1 is 0.881 bits per heavy atom. The summed E-state index contributed by atoms with van der Waals surface area (Å²) in [7, 11) is -4.08. The number of anilines is 1. The summed E-state index contributed by atoms with van der Waals surface area (Å²) in [6.07, 6.45) is 5.18. The van der Waals surface area contributed by atoms with Crippen molar-refractivity contribution in [2.24, 2.45) is 0 Å². The Kier molecular flexibility index (Phi) is 10.4. The monoisotopic (exact) mass is 589 g/mol. The Morgan fingerprint density at radius 2 is 1.55 bits per heavy atom.